The molecule has 1 heterocycles. The highest BCUT2D eigenvalue weighted by Gasteiger charge is 2.01. The van der Waals surface area contributed by atoms with Gasteiger partial charge >= 0.3 is 0 Å². The molecule has 0 spiro atoms. The first-order valence-electron chi connectivity index (χ1n) is 6.25. The molecule has 3 nitrogen and oxygen atoms in total. The first-order valence-corrected chi connectivity index (χ1v) is 7.77. The van der Waals surface area contributed by atoms with Crippen LogP contribution in [0.1, 0.15) is 12.0 Å². The zero-order valence-electron chi connectivity index (χ0n) is 10.9. The van der Waals surface area contributed by atoms with E-state index in [2.05, 4.69) is 16.4 Å². The van der Waals surface area contributed by atoms with Crippen molar-refractivity contribution in [1.82, 2.24) is 4.98 Å². The van der Waals surface area contributed by atoms with Crippen LogP contribution in [-0.2, 0) is 10.5 Å². The molecule has 0 atom stereocenters. The van der Waals surface area contributed by atoms with E-state index in [-0.39, 0.29) is 5.91 Å². The van der Waals surface area contributed by atoms with Gasteiger partial charge in [-0.2, -0.15) is 0 Å². The van der Waals surface area contributed by atoms with Crippen LogP contribution in [0.3, 0.4) is 0 Å². The lowest BCUT2D eigenvalue weighted by Crippen LogP contribution is -2.11. The van der Waals surface area contributed by atoms with Crippen molar-refractivity contribution in [2.75, 3.05) is 11.2 Å². The summed E-state index contributed by atoms with van der Waals surface area (Å²) in [5.41, 5.74) is 1.99. The number of carbonyl (C=O) groups excluding carboxylic acids is 1. The number of alkyl halides is 1. The molecular weight excluding hydrogens is 292 g/mol. The molecule has 0 aliphatic carbocycles. The van der Waals surface area contributed by atoms with E-state index in [9.17, 15) is 4.79 Å². The van der Waals surface area contributed by atoms with Gasteiger partial charge in [0.1, 0.15) is 0 Å². The quantitative estimate of drug-likeness (QED) is 0.649. The summed E-state index contributed by atoms with van der Waals surface area (Å²) in [5.74, 6) is 1.16. The highest BCUT2D eigenvalue weighted by atomic mass is 35.5. The Labute approximate surface area is 127 Å². The summed E-state index contributed by atoms with van der Waals surface area (Å²) in [4.78, 5) is 16.6. The number of anilines is 1. The minimum atomic E-state index is -0.0595. The van der Waals surface area contributed by atoms with Crippen molar-refractivity contribution in [1.29, 1.82) is 0 Å². The summed E-state index contributed by atoms with van der Waals surface area (Å²) in [7, 11) is 0. The number of hydrogen-bond acceptors (Lipinski definition) is 3. The maximum atomic E-state index is 11.4. The SMILES string of the molecule is O=C(CCCl)Nc1ccc(SCc2cccnc2)cc1. The third-order valence-electron chi connectivity index (χ3n) is 2.59. The molecule has 0 radical (unpaired) electrons. The second-order valence-electron chi connectivity index (χ2n) is 4.16. The van der Waals surface area contributed by atoms with Crippen molar-refractivity contribution in [2.24, 2.45) is 0 Å². The average molecular weight is 307 g/mol. The van der Waals surface area contributed by atoms with Crippen LogP contribution >= 0.6 is 23.4 Å². The van der Waals surface area contributed by atoms with Crippen LogP contribution < -0.4 is 5.32 Å². The molecule has 2 rings (SSSR count). The van der Waals surface area contributed by atoms with Gasteiger partial charge < -0.3 is 5.32 Å². The number of benzene rings is 1. The monoisotopic (exact) mass is 306 g/mol. The zero-order chi connectivity index (χ0) is 14.2. The molecule has 0 saturated carbocycles. The van der Waals surface area contributed by atoms with Gasteiger partial charge in [0.05, 0.1) is 0 Å². The Morgan fingerprint density at radius 2 is 2.05 bits per heavy atom. The van der Waals surface area contributed by atoms with Crippen LogP contribution in [0.2, 0.25) is 0 Å². The number of hydrogen-bond donors (Lipinski definition) is 1. The van der Waals surface area contributed by atoms with Gasteiger partial charge in [-0.25, -0.2) is 0 Å². The number of amides is 1. The Hall–Kier alpha value is -1.52. The summed E-state index contributed by atoms with van der Waals surface area (Å²) < 4.78 is 0. The molecule has 0 unspecified atom stereocenters. The molecule has 5 heteroatoms. The van der Waals surface area contributed by atoms with E-state index in [0.29, 0.717) is 12.3 Å². The van der Waals surface area contributed by atoms with Crippen LogP contribution in [0.4, 0.5) is 5.69 Å². The molecule has 0 aliphatic rings. The van der Waals surface area contributed by atoms with Crippen molar-refractivity contribution in [3.63, 3.8) is 0 Å². The number of carbonyl (C=O) groups is 1. The lowest BCUT2D eigenvalue weighted by atomic mass is 10.3. The fraction of sp³-hybridized carbons (Fsp3) is 0.200. The smallest absolute Gasteiger partial charge is 0.225 e. The fourth-order valence-corrected chi connectivity index (χ4v) is 2.60. The molecule has 2 aromatic rings. The molecule has 1 N–H and O–H groups in total. The zero-order valence-corrected chi connectivity index (χ0v) is 12.5. The number of aromatic nitrogens is 1. The van der Waals surface area contributed by atoms with Crippen LogP contribution in [-0.4, -0.2) is 16.8 Å². The van der Waals surface area contributed by atoms with Crippen molar-refractivity contribution in [2.45, 2.75) is 17.1 Å². The van der Waals surface area contributed by atoms with E-state index in [0.717, 1.165) is 16.3 Å². The first kappa shape index (κ1) is 14.9. The van der Waals surface area contributed by atoms with Gasteiger partial charge in [-0.15, -0.1) is 23.4 Å². The number of pyridine rings is 1. The maximum Gasteiger partial charge on any atom is 0.225 e. The molecule has 0 bridgehead atoms. The average Bonchev–Trinajstić information content (AvgIpc) is 2.48. The number of rotatable bonds is 6. The van der Waals surface area contributed by atoms with E-state index in [1.54, 1.807) is 18.0 Å². The number of thioether (sulfide) groups is 1. The summed E-state index contributed by atoms with van der Waals surface area (Å²) >= 11 is 7.26. The highest BCUT2D eigenvalue weighted by Crippen LogP contribution is 2.23. The van der Waals surface area contributed by atoms with Gasteiger partial charge in [0.15, 0.2) is 0 Å². The maximum absolute atomic E-state index is 11.4. The second-order valence-corrected chi connectivity index (χ2v) is 5.59. The van der Waals surface area contributed by atoms with E-state index in [1.807, 2.05) is 36.5 Å². The number of halogens is 1. The third-order valence-corrected chi connectivity index (χ3v) is 3.86. The van der Waals surface area contributed by atoms with E-state index in [1.165, 1.54) is 5.56 Å². The number of nitrogens with one attached hydrogen (secondary N) is 1. The topological polar surface area (TPSA) is 42.0 Å². The summed E-state index contributed by atoms with van der Waals surface area (Å²) in [5, 5.41) is 2.80. The molecule has 1 aromatic heterocycles. The molecule has 104 valence electrons. The van der Waals surface area contributed by atoms with Gasteiger partial charge in [-0.1, -0.05) is 6.07 Å². The van der Waals surface area contributed by atoms with Crippen molar-refractivity contribution in [3.8, 4) is 0 Å². The van der Waals surface area contributed by atoms with E-state index >= 15 is 0 Å². The highest BCUT2D eigenvalue weighted by molar-refractivity contribution is 7.98. The molecule has 0 fully saturated rings. The van der Waals surface area contributed by atoms with Gasteiger partial charge in [-0.3, -0.25) is 9.78 Å². The largest absolute Gasteiger partial charge is 0.326 e. The Balaban J connectivity index is 1.87. The number of nitrogens with zero attached hydrogens (tertiary/aromatic N) is 1. The summed E-state index contributed by atoms with van der Waals surface area (Å²) in [6, 6.07) is 11.8. The van der Waals surface area contributed by atoms with Crippen molar-refractivity contribution < 1.29 is 4.79 Å². The minimum absolute atomic E-state index is 0.0595. The van der Waals surface area contributed by atoms with Gasteiger partial charge in [0.2, 0.25) is 5.91 Å². The molecule has 1 aromatic carbocycles. The second kappa shape index (κ2) is 7.92. The molecule has 0 saturated heterocycles. The molecular formula is C15H15ClN2OS. The van der Waals surface area contributed by atoms with Crippen LogP contribution in [0.25, 0.3) is 0 Å². The Kier molecular flexibility index (Phi) is 5.89. The van der Waals surface area contributed by atoms with E-state index < -0.39 is 0 Å². The summed E-state index contributed by atoms with van der Waals surface area (Å²) in [6.45, 7) is 0. The van der Waals surface area contributed by atoms with Crippen molar-refractivity contribution in [3.05, 3.63) is 54.4 Å². The molecule has 0 aliphatic heterocycles. The molecule has 20 heavy (non-hydrogen) atoms. The predicted octanol–water partition coefficient (Wildman–Crippen LogP) is 3.94. The van der Waals surface area contributed by atoms with Crippen LogP contribution in [0, 0.1) is 0 Å². The minimum Gasteiger partial charge on any atom is -0.326 e. The lowest BCUT2D eigenvalue weighted by Gasteiger charge is -2.06. The Bertz CT molecular complexity index is 546. The van der Waals surface area contributed by atoms with E-state index in [4.69, 9.17) is 11.6 Å². The van der Waals surface area contributed by atoms with Gasteiger partial charge in [0.25, 0.3) is 0 Å². The molecule has 1 amide bonds. The standard InChI is InChI=1S/C15H15ClN2OS/c16-8-7-15(19)18-13-3-5-14(6-4-13)20-11-12-2-1-9-17-10-12/h1-6,9-10H,7-8,11H2,(H,18,19). The fourth-order valence-electron chi connectivity index (χ4n) is 1.59. The first-order chi connectivity index (χ1) is 9.78. The summed E-state index contributed by atoms with van der Waals surface area (Å²) in [6.07, 6.45) is 3.97. The third kappa shape index (κ3) is 4.87. The lowest BCUT2D eigenvalue weighted by molar-refractivity contribution is -0.115. The van der Waals surface area contributed by atoms with Gasteiger partial charge in [-0.05, 0) is 35.9 Å². The van der Waals surface area contributed by atoms with Crippen LogP contribution in [0.15, 0.2) is 53.7 Å². The predicted molar refractivity (Wildman–Crippen MR) is 84.2 cm³/mol. The Morgan fingerprint density at radius 3 is 2.70 bits per heavy atom. The normalized spacial score (nSPS) is 10.2. The van der Waals surface area contributed by atoms with Gasteiger partial charge in [0, 0.05) is 41.0 Å². The van der Waals surface area contributed by atoms with Crippen molar-refractivity contribution >= 4 is 35.0 Å². The Morgan fingerprint density at radius 1 is 1.25 bits per heavy atom. The van der Waals surface area contributed by atoms with Crippen LogP contribution in [0.5, 0.6) is 0 Å².